The van der Waals surface area contributed by atoms with Gasteiger partial charge in [0, 0.05) is 17.5 Å². The number of hydrogen-bond donors (Lipinski definition) is 1. The van der Waals surface area contributed by atoms with Crippen LogP contribution in [0.4, 0.5) is 0 Å². The highest BCUT2D eigenvalue weighted by molar-refractivity contribution is 6.42. The number of carboxylic acids is 1. The summed E-state index contributed by atoms with van der Waals surface area (Å²) in [5, 5.41) is 10.0. The van der Waals surface area contributed by atoms with Crippen LogP contribution in [0.1, 0.15) is 17.7 Å². The third-order valence-corrected chi connectivity index (χ3v) is 4.42. The number of hydrogen-bond acceptors (Lipinski definition) is 3. The highest BCUT2D eigenvalue weighted by atomic mass is 35.5. The number of carboxylic acid groups (broad SMARTS) is 1. The SMILES string of the molecule is O=C(O)C1CCc2nc(-c3ccc(Cl)c(Cl)c3)ncc2C1. The Bertz CT molecular complexity index is 719. The van der Waals surface area contributed by atoms with Crippen LogP contribution in [0.5, 0.6) is 0 Å². The second kappa shape index (κ2) is 5.62. The number of fused-ring (bicyclic) bond motifs is 1. The van der Waals surface area contributed by atoms with E-state index in [0.29, 0.717) is 35.1 Å². The molecule has 1 aromatic carbocycles. The van der Waals surface area contributed by atoms with Crippen LogP contribution < -0.4 is 0 Å². The van der Waals surface area contributed by atoms with Gasteiger partial charge in [0.25, 0.3) is 0 Å². The van der Waals surface area contributed by atoms with Gasteiger partial charge in [0.1, 0.15) is 0 Å². The summed E-state index contributed by atoms with van der Waals surface area (Å²) in [7, 11) is 0. The molecule has 0 radical (unpaired) electrons. The Balaban J connectivity index is 1.93. The van der Waals surface area contributed by atoms with E-state index in [9.17, 15) is 4.79 Å². The van der Waals surface area contributed by atoms with E-state index in [1.165, 1.54) is 0 Å². The first kappa shape index (κ1) is 14.3. The number of benzene rings is 1. The van der Waals surface area contributed by atoms with Gasteiger partial charge in [0.2, 0.25) is 0 Å². The largest absolute Gasteiger partial charge is 0.481 e. The normalized spacial score (nSPS) is 17.3. The smallest absolute Gasteiger partial charge is 0.306 e. The van der Waals surface area contributed by atoms with Crippen LogP contribution in [0, 0.1) is 5.92 Å². The summed E-state index contributed by atoms with van der Waals surface area (Å²) in [6.07, 6.45) is 3.48. The van der Waals surface area contributed by atoms with Crippen molar-refractivity contribution in [2.75, 3.05) is 0 Å². The Labute approximate surface area is 131 Å². The van der Waals surface area contributed by atoms with Gasteiger partial charge in [-0.1, -0.05) is 23.2 Å². The molecule has 108 valence electrons. The summed E-state index contributed by atoms with van der Waals surface area (Å²) >= 11 is 11.9. The van der Waals surface area contributed by atoms with Gasteiger partial charge < -0.3 is 5.11 Å². The second-order valence-electron chi connectivity index (χ2n) is 5.07. The molecular formula is C15H12Cl2N2O2. The minimum Gasteiger partial charge on any atom is -0.481 e. The molecule has 21 heavy (non-hydrogen) atoms. The molecule has 1 aliphatic rings. The Morgan fingerprint density at radius 1 is 1.29 bits per heavy atom. The zero-order valence-corrected chi connectivity index (χ0v) is 12.5. The Morgan fingerprint density at radius 2 is 2.10 bits per heavy atom. The molecule has 1 unspecified atom stereocenters. The molecule has 0 amide bonds. The average molecular weight is 323 g/mol. The lowest BCUT2D eigenvalue weighted by atomic mass is 9.87. The van der Waals surface area contributed by atoms with E-state index in [-0.39, 0.29) is 5.92 Å². The molecule has 1 atom stereocenters. The van der Waals surface area contributed by atoms with Crippen molar-refractivity contribution in [3.63, 3.8) is 0 Å². The Kier molecular flexibility index (Phi) is 3.83. The van der Waals surface area contributed by atoms with E-state index < -0.39 is 5.97 Å². The quantitative estimate of drug-likeness (QED) is 0.916. The summed E-state index contributed by atoms with van der Waals surface area (Å²) in [5.74, 6) is -0.507. The van der Waals surface area contributed by atoms with Gasteiger partial charge in [0.15, 0.2) is 5.82 Å². The van der Waals surface area contributed by atoms with Gasteiger partial charge in [0.05, 0.1) is 16.0 Å². The van der Waals surface area contributed by atoms with Crippen molar-refractivity contribution in [3.05, 3.63) is 45.7 Å². The molecule has 0 aliphatic heterocycles. The van der Waals surface area contributed by atoms with E-state index >= 15 is 0 Å². The van der Waals surface area contributed by atoms with E-state index in [4.69, 9.17) is 28.3 Å². The first-order valence-electron chi connectivity index (χ1n) is 6.57. The van der Waals surface area contributed by atoms with Crippen LogP contribution in [-0.4, -0.2) is 21.0 Å². The molecule has 0 spiro atoms. The maximum atomic E-state index is 11.1. The fourth-order valence-corrected chi connectivity index (χ4v) is 2.79. The fraction of sp³-hybridized carbons (Fsp3) is 0.267. The van der Waals surface area contributed by atoms with Crippen molar-refractivity contribution in [2.45, 2.75) is 19.3 Å². The van der Waals surface area contributed by atoms with E-state index in [2.05, 4.69) is 9.97 Å². The number of aliphatic carboxylic acids is 1. The molecule has 0 saturated carbocycles. The van der Waals surface area contributed by atoms with Gasteiger partial charge in [-0.05, 0) is 43.0 Å². The van der Waals surface area contributed by atoms with Crippen molar-refractivity contribution < 1.29 is 9.90 Å². The number of nitrogens with zero attached hydrogens (tertiary/aromatic N) is 2. The molecule has 1 aliphatic carbocycles. The zero-order valence-electron chi connectivity index (χ0n) is 11.0. The van der Waals surface area contributed by atoms with Crippen molar-refractivity contribution in [1.29, 1.82) is 0 Å². The van der Waals surface area contributed by atoms with Crippen molar-refractivity contribution in [3.8, 4) is 11.4 Å². The third-order valence-electron chi connectivity index (χ3n) is 3.68. The highest BCUT2D eigenvalue weighted by Crippen LogP contribution is 2.29. The monoisotopic (exact) mass is 322 g/mol. The second-order valence-corrected chi connectivity index (χ2v) is 5.89. The minimum absolute atomic E-state index is 0.336. The molecule has 1 N–H and O–H groups in total. The van der Waals surface area contributed by atoms with Crippen molar-refractivity contribution in [1.82, 2.24) is 9.97 Å². The van der Waals surface area contributed by atoms with Crippen molar-refractivity contribution in [2.24, 2.45) is 5.92 Å². The van der Waals surface area contributed by atoms with Crippen LogP contribution in [0.3, 0.4) is 0 Å². The summed E-state index contributed by atoms with van der Waals surface area (Å²) in [6, 6.07) is 5.26. The van der Waals surface area contributed by atoms with Crippen LogP contribution in [0.2, 0.25) is 10.0 Å². The number of aryl methyl sites for hydroxylation is 1. The number of rotatable bonds is 2. The lowest BCUT2D eigenvalue weighted by Crippen LogP contribution is -2.23. The number of carbonyl (C=O) groups is 1. The molecule has 1 heterocycles. The topological polar surface area (TPSA) is 63.1 Å². The number of halogens is 2. The Morgan fingerprint density at radius 3 is 2.81 bits per heavy atom. The summed E-state index contributed by atoms with van der Waals surface area (Å²) in [4.78, 5) is 19.9. The number of aromatic nitrogens is 2. The molecule has 0 fully saturated rings. The van der Waals surface area contributed by atoms with Crippen LogP contribution in [-0.2, 0) is 17.6 Å². The molecule has 1 aromatic heterocycles. The van der Waals surface area contributed by atoms with E-state index in [1.807, 2.05) is 6.07 Å². The molecule has 6 heteroatoms. The highest BCUT2D eigenvalue weighted by Gasteiger charge is 2.25. The van der Waals surface area contributed by atoms with Gasteiger partial charge in [-0.3, -0.25) is 4.79 Å². The molecular weight excluding hydrogens is 311 g/mol. The Hall–Kier alpha value is -1.65. The maximum Gasteiger partial charge on any atom is 0.306 e. The van der Waals surface area contributed by atoms with Gasteiger partial charge >= 0.3 is 5.97 Å². The lowest BCUT2D eigenvalue weighted by molar-refractivity contribution is -0.142. The molecule has 3 rings (SSSR count). The lowest BCUT2D eigenvalue weighted by Gasteiger charge is -2.20. The summed E-state index contributed by atoms with van der Waals surface area (Å²) in [5.41, 5.74) is 2.63. The zero-order chi connectivity index (χ0) is 15.0. The average Bonchev–Trinajstić information content (AvgIpc) is 2.49. The third kappa shape index (κ3) is 2.87. The first-order valence-corrected chi connectivity index (χ1v) is 7.33. The van der Waals surface area contributed by atoms with Crippen LogP contribution in [0.25, 0.3) is 11.4 Å². The summed E-state index contributed by atoms with van der Waals surface area (Å²) in [6.45, 7) is 0. The minimum atomic E-state index is -0.755. The molecule has 0 bridgehead atoms. The van der Waals surface area contributed by atoms with Crippen molar-refractivity contribution >= 4 is 29.2 Å². The fourth-order valence-electron chi connectivity index (χ4n) is 2.49. The predicted octanol–water partition coefficient (Wildman–Crippen LogP) is 3.64. The van der Waals surface area contributed by atoms with E-state index in [1.54, 1.807) is 18.3 Å². The van der Waals surface area contributed by atoms with Crippen LogP contribution in [0.15, 0.2) is 24.4 Å². The first-order chi connectivity index (χ1) is 10.0. The van der Waals surface area contributed by atoms with Crippen LogP contribution >= 0.6 is 23.2 Å². The van der Waals surface area contributed by atoms with Gasteiger partial charge in [-0.2, -0.15) is 0 Å². The van der Waals surface area contributed by atoms with E-state index in [0.717, 1.165) is 16.8 Å². The standard InChI is InChI=1S/C15H12Cl2N2O2/c16-11-3-1-8(6-12(11)17)14-18-7-10-5-9(15(20)21)2-4-13(10)19-14/h1,3,6-7,9H,2,4-5H2,(H,20,21). The molecule has 0 saturated heterocycles. The molecule has 2 aromatic rings. The van der Waals surface area contributed by atoms with Gasteiger partial charge in [-0.15, -0.1) is 0 Å². The van der Waals surface area contributed by atoms with Gasteiger partial charge in [-0.25, -0.2) is 9.97 Å². The maximum absolute atomic E-state index is 11.1. The predicted molar refractivity (Wildman–Crippen MR) is 80.6 cm³/mol. The molecule has 4 nitrogen and oxygen atoms in total. The summed E-state index contributed by atoms with van der Waals surface area (Å²) < 4.78 is 0.